The van der Waals surface area contributed by atoms with E-state index in [4.69, 9.17) is 5.73 Å². The van der Waals surface area contributed by atoms with E-state index < -0.39 is 0 Å². The molecule has 2 N–H and O–H groups in total. The van der Waals surface area contributed by atoms with Gasteiger partial charge >= 0.3 is 0 Å². The first-order valence-electron chi connectivity index (χ1n) is 2.16. The highest BCUT2D eigenvalue weighted by atomic mass is 127. The number of nitrogens with zero attached hydrogens (tertiary/aromatic N) is 1. The summed E-state index contributed by atoms with van der Waals surface area (Å²) in [6.45, 7) is 0. The lowest BCUT2D eigenvalue weighted by atomic mass is 10.6. The average Bonchev–Trinajstić information content (AvgIpc) is 1.87. The Morgan fingerprint density at radius 2 is 2.25 bits per heavy atom. The quantitative estimate of drug-likeness (QED) is 0.660. The molecule has 0 aliphatic carbocycles. The summed E-state index contributed by atoms with van der Waals surface area (Å²) >= 11 is 0. The zero-order valence-corrected chi connectivity index (χ0v) is 7.00. The largest absolute Gasteiger partial charge is 0.398 e. The van der Waals surface area contributed by atoms with Crippen LogP contribution in [0.4, 0.5) is 5.69 Å². The minimum absolute atomic E-state index is 0. The Hall–Kier alpha value is -0.190. The zero-order chi connectivity index (χ0) is 5.28. The highest BCUT2D eigenvalue weighted by molar-refractivity contribution is 14.0. The molecule has 0 spiro atoms. The van der Waals surface area contributed by atoms with Gasteiger partial charge in [0.2, 0.25) is 0 Å². The molecule has 0 saturated heterocycles. The number of nitrogen functional groups attached to an aromatic ring is 1. The molecule has 2 nitrogen and oxygen atoms in total. The second-order valence-corrected chi connectivity index (χ2v) is 1.61. The maximum absolute atomic E-state index is 5.36. The standard InChI is InChI=1S/C5H8N2.HI/c1-7-3-2-5(6)4-7;/h2-4H,6H2,1H3;1H. The third-order valence-electron chi connectivity index (χ3n) is 0.855. The number of aromatic nitrogens is 1. The molecule has 0 aliphatic rings. The van der Waals surface area contributed by atoms with Crippen LogP contribution >= 0.6 is 24.0 Å². The molecule has 0 amide bonds. The van der Waals surface area contributed by atoms with E-state index in [9.17, 15) is 0 Å². The Morgan fingerprint density at radius 3 is 2.38 bits per heavy atom. The SMILES string of the molecule is Cn1ccc(N)c1.I. The number of aryl methyl sites for hydroxylation is 1. The van der Waals surface area contributed by atoms with E-state index in [1.54, 1.807) is 0 Å². The molecule has 0 atom stereocenters. The van der Waals surface area contributed by atoms with Gasteiger partial charge in [0, 0.05) is 25.1 Å². The summed E-state index contributed by atoms with van der Waals surface area (Å²) in [6, 6.07) is 1.86. The van der Waals surface area contributed by atoms with Crippen LogP contribution in [0.5, 0.6) is 0 Å². The highest BCUT2D eigenvalue weighted by Gasteiger charge is 1.80. The van der Waals surface area contributed by atoms with Gasteiger partial charge in [0.15, 0.2) is 0 Å². The lowest BCUT2D eigenvalue weighted by Gasteiger charge is -1.81. The lowest BCUT2D eigenvalue weighted by Crippen LogP contribution is -1.80. The van der Waals surface area contributed by atoms with Crippen LogP contribution in [0.25, 0.3) is 0 Å². The fraction of sp³-hybridized carbons (Fsp3) is 0.200. The summed E-state index contributed by atoms with van der Waals surface area (Å²) in [5, 5.41) is 0. The summed E-state index contributed by atoms with van der Waals surface area (Å²) in [5.41, 5.74) is 6.18. The van der Waals surface area contributed by atoms with Gasteiger partial charge in [-0.05, 0) is 6.07 Å². The molecule has 1 rings (SSSR count). The third-order valence-corrected chi connectivity index (χ3v) is 0.855. The predicted molar refractivity (Wildman–Crippen MR) is 45.2 cm³/mol. The van der Waals surface area contributed by atoms with Gasteiger partial charge < -0.3 is 10.3 Å². The van der Waals surface area contributed by atoms with Crippen molar-refractivity contribution in [3.63, 3.8) is 0 Å². The van der Waals surface area contributed by atoms with Crippen molar-refractivity contribution >= 4 is 29.7 Å². The molecule has 1 aromatic heterocycles. The van der Waals surface area contributed by atoms with Crippen molar-refractivity contribution in [3.8, 4) is 0 Å². The molecular formula is C5H9IN2. The Kier molecular flexibility index (Phi) is 2.89. The van der Waals surface area contributed by atoms with E-state index >= 15 is 0 Å². The number of hydrogen-bond acceptors (Lipinski definition) is 1. The van der Waals surface area contributed by atoms with Crippen LogP contribution in [0.1, 0.15) is 0 Å². The summed E-state index contributed by atoms with van der Waals surface area (Å²) in [6.07, 6.45) is 3.77. The molecular weight excluding hydrogens is 215 g/mol. The average molecular weight is 224 g/mol. The number of rotatable bonds is 0. The van der Waals surface area contributed by atoms with Gasteiger partial charge in [0.1, 0.15) is 0 Å². The van der Waals surface area contributed by atoms with Gasteiger partial charge in [-0.15, -0.1) is 24.0 Å². The molecule has 0 fully saturated rings. The van der Waals surface area contributed by atoms with Crippen molar-refractivity contribution in [2.75, 3.05) is 5.73 Å². The van der Waals surface area contributed by atoms with Crippen molar-refractivity contribution in [1.29, 1.82) is 0 Å². The second kappa shape index (κ2) is 2.96. The van der Waals surface area contributed by atoms with Crippen LogP contribution in [0, 0.1) is 0 Å². The summed E-state index contributed by atoms with van der Waals surface area (Å²) in [4.78, 5) is 0. The maximum atomic E-state index is 5.36. The van der Waals surface area contributed by atoms with Crippen LogP contribution < -0.4 is 5.73 Å². The fourth-order valence-corrected chi connectivity index (χ4v) is 0.525. The van der Waals surface area contributed by atoms with E-state index in [-0.39, 0.29) is 24.0 Å². The molecule has 0 unspecified atom stereocenters. The van der Waals surface area contributed by atoms with E-state index in [2.05, 4.69) is 0 Å². The number of halogens is 1. The van der Waals surface area contributed by atoms with Crippen LogP contribution in [-0.2, 0) is 7.05 Å². The van der Waals surface area contributed by atoms with Crippen LogP contribution in [0.15, 0.2) is 18.5 Å². The predicted octanol–water partition coefficient (Wildman–Crippen LogP) is 1.23. The first kappa shape index (κ1) is 7.81. The van der Waals surface area contributed by atoms with Crippen LogP contribution in [-0.4, -0.2) is 4.57 Å². The molecule has 0 aliphatic heterocycles. The number of anilines is 1. The van der Waals surface area contributed by atoms with Gasteiger partial charge in [-0.25, -0.2) is 0 Å². The van der Waals surface area contributed by atoms with E-state index in [0.29, 0.717) is 0 Å². The van der Waals surface area contributed by atoms with Gasteiger partial charge in [-0.3, -0.25) is 0 Å². The zero-order valence-electron chi connectivity index (χ0n) is 4.66. The smallest absolute Gasteiger partial charge is 0.0493 e. The maximum Gasteiger partial charge on any atom is 0.0493 e. The Labute approximate surface area is 65.7 Å². The minimum atomic E-state index is 0. The first-order chi connectivity index (χ1) is 3.29. The number of nitrogens with two attached hydrogens (primary N) is 1. The Balaban J connectivity index is 0.000000490. The lowest BCUT2D eigenvalue weighted by molar-refractivity contribution is 0.929. The molecule has 0 bridgehead atoms. The van der Waals surface area contributed by atoms with Crippen molar-refractivity contribution in [1.82, 2.24) is 4.57 Å². The summed E-state index contributed by atoms with van der Waals surface area (Å²) < 4.78 is 1.91. The van der Waals surface area contributed by atoms with Gasteiger partial charge in [0.05, 0.1) is 0 Å². The summed E-state index contributed by atoms with van der Waals surface area (Å²) in [5.74, 6) is 0. The highest BCUT2D eigenvalue weighted by Crippen LogP contribution is 1.97. The van der Waals surface area contributed by atoms with Gasteiger partial charge in [-0.1, -0.05) is 0 Å². The monoisotopic (exact) mass is 224 g/mol. The normalized spacial score (nSPS) is 8.12. The molecule has 0 radical (unpaired) electrons. The molecule has 46 valence electrons. The Morgan fingerprint density at radius 1 is 1.62 bits per heavy atom. The van der Waals surface area contributed by atoms with E-state index in [1.165, 1.54) is 0 Å². The minimum Gasteiger partial charge on any atom is -0.398 e. The molecule has 8 heavy (non-hydrogen) atoms. The Bertz CT molecular complexity index is 143. The van der Waals surface area contributed by atoms with Crippen molar-refractivity contribution in [2.24, 2.45) is 7.05 Å². The van der Waals surface area contributed by atoms with E-state index in [1.807, 2.05) is 30.1 Å². The summed E-state index contributed by atoms with van der Waals surface area (Å²) in [7, 11) is 1.94. The van der Waals surface area contributed by atoms with E-state index in [0.717, 1.165) is 5.69 Å². The van der Waals surface area contributed by atoms with Crippen molar-refractivity contribution in [3.05, 3.63) is 18.5 Å². The van der Waals surface area contributed by atoms with Crippen LogP contribution in [0.3, 0.4) is 0 Å². The van der Waals surface area contributed by atoms with Gasteiger partial charge in [0.25, 0.3) is 0 Å². The van der Waals surface area contributed by atoms with Crippen LogP contribution in [0.2, 0.25) is 0 Å². The van der Waals surface area contributed by atoms with Crippen molar-refractivity contribution in [2.45, 2.75) is 0 Å². The number of hydrogen-bond donors (Lipinski definition) is 1. The molecule has 1 heterocycles. The molecule has 3 heteroatoms. The topological polar surface area (TPSA) is 30.9 Å². The second-order valence-electron chi connectivity index (χ2n) is 1.61. The molecule has 1 aromatic rings. The van der Waals surface area contributed by atoms with Gasteiger partial charge in [-0.2, -0.15) is 0 Å². The molecule has 0 saturated carbocycles. The third kappa shape index (κ3) is 1.73. The molecule has 0 aromatic carbocycles. The first-order valence-corrected chi connectivity index (χ1v) is 2.16. The van der Waals surface area contributed by atoms with Crippen molar-refractivity contribution < 1.29 is 0 Å². The fourth-order valence-electron chi connectivity index (χ4n) is 0.525.